The third-order valence-corrected chi connectivity index (χ3v) is 7.56. The number of rotatable bonds is 8. The molecule has 3 aromatic carbocycles. The van der Waals surface area contributed by atoms with Gasteiger partial charge in [-0.1, -0.05) is 29.8 Å². The number of sulfonamides is 1. The van der Waals surface area contributed by atoms with Gasteiger partial charge in [0.25, 0.3) is 10.0 Å². The summed E-state index contributed by atoms with van der Waals surface area (Å²) in [6.45, 7) is 2.09. The van der Waals surface area contributed by atoms with Gasteiger partial charge in [0.05, 0.1) is 17.7 Å². The Kier molecular flexibility index (Phi) is 7.07. The Morgan fingerprint density at radius 1 is 1.03 bits per heavy atom. The Hall–Kier alpha value is -3.85. The highest BCUT2D eigenvalue weighted by Crippen LogP contribution is 2.32. The second-order valence-electron chi connectivity index (χ2n) is 8.24. The molecule has 0 bridgehead atoms. The van der Waals surface area contributed by atoms with Gasteiger partial charge in [0, 0.05) is 24.3 Å². The molecule has 0 saturated carbocycles. The lowest BCUT2D eigenvalue weighted by atomic mass is 10.2. The molecule has 0 unspecified atom stereocenters. The number of amides is 2. The number of hydrogen-bond acceptors (Lipinski definition) is 5. The Morgan fingerprint density at radius 2 is 1.71 bits per heavy atom. The maximum atomic E-state index is 13.6. The maximum absolute atomic E-state index is 13.6. The smallest absolute Gasteiger partial charge is 0.264 e. The number of para-hydroxylation sites is 2. The number of nitrogens with zero attached hydrogens (tertiary/aromatic N) is 2. The van der Waals surface area contributed by atoms with Crippen molar-refractivity contribution in [3.05, 3.63) is 78.4 Å². The second-order valence-corrected chi connectivity index (χ2v) is 10.1. The molecule has 4 rings (SSSR count). The van der Waals surface area contributed by atoms with Gasteiger partial charge in [0.1, 0.15) is 12.3 Å². The van der Waals surface area contributed by atoms with E-state index in [1.54, 1.807) is 65.6 Å². The van der Waals surface area contributed by atoms with Crippen molar-refractivity contribution in [1.82, 2.24) is 0 Å². The molecule has 3 aromatic rings. The van der Waals surface area contributed by atoms with Gasteiger partial charge in [-0.25, -0.2) is 8.42 Å². The summed E-state index contributed by atoms with van der Waals surface area (Å²) in [5.74, 6) is -0.109. The van der Waals surface area contributed by atoms with E-state index in [1.165, 1.54) is 19.2 Å². The van der Waals surface area contributed by atoms with Crippen LogP contribution in [0.1, 0.15) is 18.4 Å². The zero-order valence-electron chi connectivity index (χ0n) is 19.6. The van der Waals surface area contributed by atoms with Crippen molar-refractivity contribution in [2.45, 2.75) is 24.7 Å². The van der Waals surface area contributed by atoms with Crippen molar-refractivity contribution < 1.29 is 22.7 Å². The molecule has 0 radical (unpaired) electrons. The Morgan fingerprint density at radius 3 is 2.34 bits per heavy atom. The predicted octanol–water partition coefficient (Wildman–Crippen LogP) is 3.96. The highest BCUT2D eigenvalue weighted by Gasteiger charge is 2.29. The fraction of sp³-hybridized carbons (Fsp3) is 0.231. The van der Waals surface area contributed by atoms with E-state index in [0.717, 1.165) is 22.0 Å². The SMILES string of the molecule is COc1ccccc1N(CC(=O)Nc1ccc(N2CCCC2=O)cc1)S(=O)(=O)c1ccc(C)cc1. The number of aryl methyl sites for hydroxylation is 1. The standard InChI is InChI=1S/C26H27N3O5S/c1-19-9-15-22(16-10-19)35(32,33)29(23-6-3-4-7-24(23)34-2)18-25(30)27-20-11-13-21(14-12-20)28-17-5-8-26(28)31/h3-4,6-7,9-16H,5,8,17-18H2,1-2H3,(H,27,30). The average Bonchev–Trinajstić information content (AvgIpc) is 3.29. The number of anilines is 3. The monoisotopic (exact) mass is 493 g/mol. The first kappa shape index (κ1) is 24.3. The van der Waals surface area contributed by atoms with E-state index in [2.05, 4.69) is 5.32 Å². The van der Waals surface area contributed by atoms with E-state index in [1.807, 2.05) is 6.92 Å². The van der Waals surface area contributed by atoms with E-state index in [-0.39, 0.29) is 16.5 Å². The van der Waals surface area contributed by atoms with Crippen LogP contribution in [-0.2, 0) is 19.6 Å². The predicted molar refractivity (Wildman–Crippen MR) is 135 cm³/mol. The van der Waals surface area contributed by atoms with Crippen LogP contribution >= 0.6 is 0 Å². The summed E-state index contributed by atoms with van der Waals surface area (Å²) >= 11 is 0. The van der Waals surface area contributed by atoms with Gasteiger partial charge in [-0.05, 0) is 61.9 Å². The molecule has 0 atom stereocenters. The van der Waals surface area contributed by atoms with Gasteiger partial charge < -0.3 is 15.0 Å². The van der Waals surface area contributed by atoms with E-state index < -0.39 is 22.5 Å². The van der Waals surface area contributed by atoms with Crippen LogP contribution in [-0.4, -0.2) is 40.4 Å². The fourth-order valence-corrected chi connectivity index (χ4v) is 5.38. The third-order valence-electron chi connectivity index (χ3n) is 5.79. The van der Waals surface area contributed by atoms with Gasteiger partial charge in [0.2, 0.25) is 11.8 Å². The first-order valence-electron chi connectivity index (χ1n) is 11.2. The third kappa shape index (κ3) is 5.30. The van der Waals surface area contributed by atoms with Gasteiger partial charge in [-0.2, -0.15) is 0 Å². The minimum Gasteiger partial charge on any atom is -0.495 e. The normalized spacial score (nSPS) is 13.5. The molecule has 1 N–H and O–H groups in total. The minimum atomic E-state index is -4.07. The summed E-state index contributed by atoms with van der Waals surface area (Å²) in [7, 11) is -2.62. The Labute approximate surface area is 205 Å². The number of nitrogens with one attached hydrogen (secondary N) is 1. The molecule has 1 aliphatic rings. The number of ether oxygens (including phenoxy) is 1. The quantitative estimate of drug-likeness (QED) is 0.512. The minimum absolute atomic E-state index is 0.0708. The van der Waals surface area contributed by atoms with E-state index in [9.17, 15) is 18.0 Å². The zero-order chi connectivity index (χ0) is 25.0. The highest BCUT2D eigenvalue weighted by molar-refractivity contribution is 7.92. The van der Waals surface area contributed by atoms with Crippen LogP contribution in [0.25, 0.3) is 0 Å². The molecular weight excluding hydrogens is 466 g/mol. The van der Waals surface area contributed by atoms with Gasteiger partial charge in [0.15, 0.2) is 0 Å². The van der Waals surface area contributed by atoms with Gasteiger partial charge in [-0.3, -0.25) is 13.9 Å². The summed E-state index contributed by atoms with van der Waals surface area (Å²) < 4.78 is 33.6. The molecule has 2 amide bonds. The molecular formula is C26H27N3O5S. The molecule has 0 aliphatic carbocycles. The molecule has 1 fully saturated rings. The lowest BCUT2D eigenvalue weighted by molar-refractivity contribution is -0.117. The van der Waals surface area contributed by atoms with Crippen molar-refractivity contribution >= 4 is 38.9 Å². The van der Waals surface area contributed by atoms with Crippen molar-refractivity contribution in [2.24, 2.45) is 0 Å². The molecule has 1 heterocycles. The average molecular weight is 494 g/mol. The molecule has 0 aromatic heterocycles. The first-order valence-corrected chi connectivity index (χ1v) is 12.7. The summed E-state index contributed by atoms with van der Waals surface area (Å²) in [5, 5.41) is 2.75. The van der Waals surface area contributed by atoms with Crippen LogP contribution in [0.5, 0.6) is 5.75 Å². The second kappa shape index (κ2) is 10.2. The van der Waals surface area contributed by atoms with Crippen molar-refractivity contribution in [1.29, 1.82) is 0 Å². The number of benzene rings is 3. The maximum Gasteiger partial charge on any atom is 0.264 e. The number of carbonyl (C=O) groups is 2. The summed E-state index contributed by atoms with van der Waals surface area (Å²) in [4.78, 5) is 26.7. The van der Waals surface area contributed by atoms with E-state index in [0.29, 0.717) is 24.4 Å². The number of hydrogen-bond donors (Lipinski definition) is 1. The molecule has 35 heavy (non-hydrogen) atoms. The van der Waals surface area contributed by atoms with Crippen LogP contribution in [0.2, 0.25) is 0 Å². The molecule has 8 nitrogen and oxygen atoms in total. The van der Waals surface area contributed by atoms with Crippen LogP contribution in [0.15, 0.2) is 77.7 Å². The van der Waals surface area contributed by atoms with Crippen molar-refractivity contribution in [3.63, 3.8) is 0 Å². The van der Waals surface area contributed by atoms with Crippen LogP contribution < -0.4 is 19.3 Å². The topological polar surface area (TPSA) is 96.0 Å². The van der Waals surface area contributed by atoms with Gasteiger partial charge >= 0.3 is 0 Å². The van der Waals surface area contributed by atoms with Crippen molar-refractivity contribution in [3.8, 4) is 5.75 Å². The summed E-state index contributed by atoms with van der Waals surface area (Å²) in [5.41, 5.74) is 2.44. The Bertz CT molecular complexity index is 1320. The first-order chi connectivity index (χ1) is 16.8. The van der Waals surface area contributed by atoms with Crippen LogP contribution in [0.4, 0.5) is 17.1 Å². The Balaban J connectivity index is 1.59. The molecule has 0 spiro atoms. The largest absolute Gasteiger partial charge is 0.495 e. The number of carbonyl (C=O) groups excluding carboxylic acids is 2. The van der Waals surface area contributed by atoms with E-state index >= 15 is 0 Å². The van der Waals surface area contributed by atoms with E-state index in [4.69, 9.17) is 4.74 Å². The molecule has 182 valence electrons. The zero-order valence-corrected chi connectivity index (χ0v) is 20.4. The highest BCUT2D eigenvalue weighted by atomic mass is 32.2. The van der Waals surface area contributed by atoms with Crippen molar-refractivity contribution in [2.75, 3.05) is 34.7 Å². The molecule has 1 saturated heterocycles. The lowest BCUT2D eigenvalue weighted by Gasteiger charge is -2.25. The van der Waals surface area contributed by atoms with Gasteiger partial charge in [-0.15, -0.1) is 0 Å². The summed E-state index contributed by atoms with van der Waals surface area (Å²) in [6.07, 6.45) is 1.36. The number of methoxy groups -OCH3 is 1. The molecule has 9 heteroatoms. The summed E-state index contributed by atoms with van der Waals surface area (Å²) in [6, 6.07) is 20.0. The fourth-order valence-electron chi connectivity index (χ4n) is 3.95. The van der Waals surface area contributed by atoms with Crippen LogP contribution in [0.3, 0.4) is 0 Å². The van der Waals surface area contributed by atoms with Crippen LogP contribution in [0, 0.1) is 6.92 Å². The lowest BCUT2D eigenvalue weighted by Crippen LogP contribution is -2.38. The molecule has 1 aliphatic heterocycles.